The Kier molecular flexibility index (Phi) is 5.75. The predicted molar refractivity (Wildman–Crippen MR) is 86.9 cm³/mol. The van der Waals surface area contributed by atoms with Crippen LogP contribution in [0.25, 0.3) is 11.5 Å². The van der Waals surface area contributed by atoms with E-state index in [1.165, 1.54) is 4.90 Å². The highest BCUT2D eigenvalue weighted by atomic mass is 32.2. The number of aryl methyl sites for hydroxylation is 1. The molecule has 1 aromatic heterocycles. The lowest BCUT2D eigenvalue weighted by Gasteiger charge is -2.10. The van der Waals surface area contributed by atoms with Crippen molar-refractivity contribution in [1.82, 2.24) is 20.4 Å². The van der Waals surface area contributed by atoms with Gasteiger partial charge in [-0.2, -0.15) is 0 Å². The molecule has 0 atom stereocenters. The van der Waals surface area contributed by atoms with Crippen molar-refractivity contribution in [3.05, 3.63) is 29.8 Å². The number of likely N-dealkylation sites (N-methyl/N-ethyl adjacent to an activating group) is 1. The molecule has 2 aromatic rings. The van der Waals surface area contributed by atoms with Gasteiger partial charge in [0.05, 0.1) is 12.3 Å². The second-order valence-electron chi connectivity index (χ2n) is 5.10. The summed E-state index contributed by atoms with van der Waals surface area (Å²) in [6.45, 7) is 1.96. The van der Waals surface area contributed by atoms with Gasteiger partial charge in [0.25, 0.3) is 5.22 Å². The van der Waals surface area contributed by atoms with Gasteiger partial charge in [-0.05, 0) is 19.1 Å². The number of amides is 2. The molecule has 122 valence electrons. The van der Waals surface area contributed by atoms with Crippen LogP contribution in [0.2, 0.25) is 0 Å². The van der Waals surface area contributed by atoms with E-state index in [0.29, 0.717) is 11.1 Å². The topological polar surface area (TPSA) is 88.3 Å². The molecule has 0 unspecified atom stereocenters. The van der Waals surface area contributed by atoms with Crippen molar-refractivity contribution in [3.63, 3.8) is 0 Å². The lowest BCUT2D eigenvalue weighted by molar-refractivity contribution is -0.130. The summed E-state index contributed by atoms with van der Waals surface area (Å²) in [5.41, 5.74) is 1.94. The minimum Gasteiger partial charge on any atom is -0.411 e. The Balaban J connectivity index is 1.85. The van der Waals surface area contributed by atoms with Gasteiger partial charge in [0.2, 0.25) is 17.7 Å². The Bertz CT molecular complexity index is 700. The molecule has 0 radical (unpaired) electrons. The van der Waals surface area contributed by atoms with Crippen molar-refractivity contribution in [1.29, 1.82) is 0 Å². The van der Waals surface area contributed by atoms with E-state index in [0.717, 1.165) is 22.9 Å². The molecule has 0 aliphatic carbocycles. The first-order valence-corrected chi connectivity index (χ1v) is 7.94. The van der Waals surface area contributed by atoms with Crippen LogP contribution < -0.4 is 5.32 Å². The van der Waals surface area contributed by atoms with Crippen molar-refractivity contribution in [2.45, 2.75) is 12.1 Å². The Hall–Kier alpha value is -2.35. The van der Waals surface area contributed by atoms with Crippen LogP contribution in [-0.4, -0.2) is 53.3 Å². The Morgan fingerprint density at radius 1 is 1.30 bits per heavy atom. The van der Waals surface area contributed by atoms with E-state index < -0.39 is 0 Å². The highest BCUT2D eigenvalue weighted by Gasteiger charge is 2.12. The van der Waals surface area contributed by atoms with Crippen molar-refractivity contribution in [2.75, 3.05) is 26.4 Å². The molecule has 1 N–H and O–H groups in total. The quantitative estimate of drug-likeness (QED) is 0.802. The van der Waals surface area contributed by atoms with Crippen LogP contribution in [0.5, 0.6) is 0 Å². The summed E-state index contributed by atoms with van der Waals surface area (Å²) in [4.78, 5) is 24.5. The zero-order valence-corrected chi connectivity index (χ0v) is 14.0. The van der Waals surface area contributed by atoms with Gasteiger partial charge in [-0.3, -0.25) is 9.59 Å². The van der Waals surface area contributed by atoms with Gasteiger partial charge in [-0.25, -0.2) is 0 Å². The first-order chi connectivity index (χ1) is 11.0. The summed E-state index contributed by atoms with van der Waals surface area (Å²) in [6, 6.07) is 7.72. The smallest absolute Gasteiger partial charge is 0.277 e. The van der Waals surface area contributed by atoms with Crippen molar-refractivity contribution in [3.8, 4) is 11.5 Å². The first-order valence-electron chi connectivity index (χ1n) is 6.96. The van der Waals surface area contributed by atoms with E-state index in [9.17, 15) is 9.59 Å². The van der Waals surface area contributed by atoms with Gasteiger partial charge in [0.1, 0.15) is 0 Å². The highest BCUT2D eigenvalue weighted by molar-refractivity contribution is 7.99. The molecular weight excluding hydrogens is 316 g/mol. The van der Waals surface area contributed by atoms with Gasteiger partial charge in [-0.1, -0.05) is 29.5 Å². The second-order valence-corrected chi connectivity index (χ2v) is 6.02. The average Bonchev–Trinajstić information content (AvgIpc) is 2.99. The van der Waals surface area contributed by atoms with Gasteiger partial charge >= 0.3 is 0 Å². The number of aromatic nitrogens is 2. The molecule has 0 aliphatic rings. The monoisotopic (exact) mass is 334 g/mol. The van der Waals surface area contributed by atoms with E-state index >= 15 is 0 Å². The Morgan fingerprint density at radius 3 is 2.78 bits per heavy atom. The third kappa shape index (κ3) is 5.10. The summed E-state index contributed by atoms with van der Waals surface area (Å²) in [5, 5.41) is 10.7. The number of nitrogens with one attached hydrogen (secondary N) is 1. The summed E-state index contributed by atoms with van der Waals surface area (Å²) in [5.74, 6) is 0.0960. The van der Waals surface area contributed by atoms with E-state index in [1.807, 2.05) is 31.2 Å². The molecule has 8 heteroatoms. The van der Waals surface area contributed by atoms with E-state index in [-0.39, 0.29) is 24.1 Å². The van der Waals surface area contributed by atoms with Crippen molar-refractivity contribution < 1.29 is 14.0 Å². The normalized spacial score (nSPS) is 10.4. The number of hydrogen-bond acceptors (Lipinski definition) is 6. The fraction of sp³-hybridized carbons (Fsp3) is 0.333. The number of rotatable bonds is 6. The fourth-order valence-corrected chi connectivity index (χ4v) is 2.27. The molecule has 23 heavy (non-hydrogen) atoms. The van der Waals surface area contributed by atoms with Gasteiger partial charge < -0.3 is 14.6 Å². The maximum absolute atomic E-state index is 11.7. The lowest BCUT2D eigenvalue weighted by atomic mass is 10.1. The zero-order chi connectivity index (χ0) is 16.8. The highest BCUT2D eigenvalue weighted by Crippen LogP contribution is 2.23. The number of hydrogen-bond donors (Lipinski definition) is 1. The number of nitrogens with zero attached hydrogens (tertiary/aromatic N) is 3. The Labute approximate surface area is 138 Å². The molecule has 2 amide bonds. The van der Waals surface area contributed by atoms with E-state index in [1.54, 1.807) is 14.1 Å². The number of benzene rings is 1. The maximum Gasteiger partial charge on any atom is 0.277 e. The molecule has 1 heterocycles. The third-order valence-corrected chi connectivity index (χ3v) is 3.75. The van der Waals surface area contributed by atoms with E-state index in [4.69, 9.17) is 4.42 Å². The molecule has 0 bridgehead atoms. The van der Waals surface area contributed by atoms with Crippen LogP contribution in [0.3, 0.4) is 0 Å². The number of carbonyl (C=O) groups excluding carboxylic acids is 2. The molecule has 0 spiro atoms. The minimum atomic E-state index is -0.263. The SMILES string of the molecule is Cc1cccc(-c2nnc(SCC(=O)NCC(=O)N(C)C)o2)c1. The summed E-state index contributed by atoms with van der Waals surface area (Å²) in [7, 11) is 3.27. The van der Waals surface area contributed by atoms with Crippen LogP contribution >= 0.6 is 11.8 Å². The molecule has 1 aromatic carbocycles. The Morgan fingerprint density at radius 2 is 2.09 bits per heavy atom. The standard InChI is InChI=1S/C15H18N4O3S/c1-10-5-4-6-11(7-10)14-17-18-15(22-14)23-9-12(20)16-8-13(21)19(2)3/h4-7H,8-9H2,1-3H3,(H,16,20). The fourth-order valence-electron chi connectivity index (χ4n) is 1.67. The summed E-state index contributed by atoms with van der Waals surface area (Å²) >= 11 is 1.13. The molecule has 0 saturated heterocycles. The first kappa shape index (κ1) is 17.0. The molecule has 7 nitrogen and oxygen atoms in total. The van der Waals surface area contributed by atoms with E-state index in [2.05, 4.69) is 15.5 Å². The molecule has 0 fully saturated rings. The lowest BCUT2D eigenvalue weighted by Crippen LogP contribution is -2.36. The van der Waals surface area contributed by atoms with Crippen LogP contribution in [0.4, 0.5) is 0 Å². The van der Waals surface area contributed by atoms with Crippen LogP contribution in [0.15, 0.2) is 33.9 Å². The average molecular weight is 334 g/mol. The maximum atomic E-state index is 11.7. The summed E-state index contributed by atoms with van der Waals surface area (Å²) in [6.07, 6.45) is 0. The molecular formula is C15H18N4O3S. The van der Waals surface area contributed by atoms with Crippen LogP contribution in [0, 0.1) is 6.92 Å². The largest absolute Gasteiger partial charge is 0.411 e. The zero-order valence-electron chi connectivity index (χ0n) is 13.2. The molecule has 2 rings (SSSR count). The number of thioether (sulfide) groups is 1. The molecule has 0 saturated carbocycles. The van der Waals surface area contributed by atoms with Crippen molar-refractivity contribution in [2.24, 2.45) is 0 Å². The minimum absolute atomic E-state index is 0.0230. The molecule has 0 aliphatic heterocycles. The second kappa shape index (κ2) is 7.77. The van der Waals surface area contributed by atoms with Crippen molar-refractivity contribution >= 4 is 23.6 Å². The summed E-state index contributed by atoms with van der Waals surface area (Å²) < 4.78 is 5.52. The number of carbonyl (C=O) groups is 2. The van der Waals surface area contributed by atoms with Crippen LogP contribution in [0.1, 0.15) is 5.56 Å². The third-order valence-electron chi connectivity index (χ3n) is 2.93. The van der Waals surface area contributed by atoms with Gasteiger partial charge in [-0.15, -0.1) is 10.2 Å². The van der Waals surface area contributed by atoms with Crippen LogP contribution in [-0.2, 0) is 9.59 Å². The van der Waals surface area contributed by atoms with Gasteiger partial charge in [0, 0.05) is 19.7 Å². The van der Waals surface area contributed by atoms with Gasteiger partial charge in [0.15, 0.2) is 0 Å². The predicted octanol–water partition coefficient (Wildman–Crippen LogP) is 1.34.